The molecule has 122 valence electrons. The minimum atomic E-state index is 0.666. The highest BCUT2D eigenvalue weighted by molar-refractivity contribution is 6.31. The molecule has 0 saturated carbocycles. The molecule has 0 N–H and O–H groups in total. The van der Waals surface area contributed by atoms with Gasteiger partial charge in [0.2, 0.25) is 0 Å². The van der Waals surface area contributed by atoms with Crippen LogP contribution in [0.2, 0.25) is 5.02 Å². The summed E-state index contributed by atoms with van der Waals surface area (Å²) in [5.41, 5.74) is 4.73. The van der Waals surface area contributed by atoms with Crippen LogP contribution in [0.15, 0.2) is 48.7 Å². The second kappa shape index (κ2) is 6.88. The zero-order valence-electron chi connectivity index (χ0n) is 13.6. The number of fused-ring (bicyclic) bond motifs is 2. The van der Waals surface area contributed by atoms with Crippen LogP contribution in [0.5, 0.6) is 0 Å². The van der Waals surface area contributed by atoms with E-state index < -0.39 is 0 Å². The largest absolute Gasteiger partial charge is 0.299 e. The van der Waals surface area contributed by atoms with Gasteiger partial charge in [0.25, 0.3) is 0 Å². The summed E-state index contributed by atoms with van der Waals surface area (Å²) in [5, 5.41) is 1.70. The molecular weight excluding hydrogens is 318 g/mol. The van der Waals surface area contributed by atoms with Crippen LogP contribution in [-0.2, 0) is 19.4 Å². The maximum atomic E-state index is 6.06. The topological polar surface area (TPSA) is 29.0 Å². The summed E-state index contributed by atoms with van der Waals surface area (Å²) in [4.78, 5) is 11.6. The van der Waals surface area contributed by atoms with Crippen molar-refractivity contribution < 1.29 is 0 Å². The normalized spacial score (nSPS) is 14.7. The number of rotatable bonds is 4. The van der Waals surface area contributed by atoms with E-state index in [0.717, 1.165) is 43.5 Å². The lowest BCUT2D eigenvalue weighted by Crippen LogP contribution is -2.32. The zero-order valence-corrected chi connectivity index (χ0v) is 14.3. The maximum Gasteiger partial charge on any atom is 0.159 e. The summed E-state index contributed by atoms with van der Waals surface area (Å²) in [6.45, 7) is 3.17. The first-order valence-corrected chi connectivity index (χ1v) is 8.86. The van der Waals surface area contributed by atoms with E-state index in [1.165, 1.54) is 23.2 Å². The van der Waals surface area contributed by atoms with Crippen molar-refractivity contribution in [2.24, 2.45) is 0 Å². The third kappa shape index (κ3) is 3.42. The number of halogens is 1. The fourth-order valence-electron chi connectivity index (χ4n) is 3.40. The van der Waals surface area contributed by atoms with E-state index in [9.17, 15) is 0 Å². The van der Waals surface area contributed by atoms with E-state index in [1.807, 2.05) is 6.07 Å². The summed E-state index contributed by atoms with van der Waals surface area (Å²) >= 11 is 6.06. The molecule has 1 aliphatic heterocycles. The Morgan fingerprint density at radius 2 is 2.00 bits per heavy atom. The van der Waals surface area contributed by atoms with Gasteiger partial charge in [-0.25, -0.2) is 9.97 Å². The van der Waals surface area contributed by atoms with Gasteiger partial charge in [-0.1, -0.05) is 41.9 Å². The first kappa shape index (κ1) is 15.6. The minimum Gasteiger partial charge on any atom is -0.299 e. The molecule has 0 atom stereocenters. The maximum absolute atomic E-state index is 6.06. The molecule has 4 rings (SSSR count). The van der Waals surface area contributed by atoms with Crippen LogP contribution < -0.4 is 0 Å². The molecule has 1 aliphatic rings. The molecule has 3 heterocycles. The molecule has 3 aromatic rings. The van der Waals surface area contributed by atoms with Crippen molar-refractivity contribution in [3.05, 3.63) is 70.5 Å². The third-order valence-corrected chi connectivity index (χ3v) is 4.85. The molecule has 24 heavy (non-hydrogen) atoms. The Morgan fingerprint density at radius 1 is 1.12 bits per heavy atom. The molecule has 0 aliphatic carbocycles. The van der Waals surface area contributed by atoms with Gasteiger partial charge >= 0.3 is 0 Å². The van der Waals surface area contributed by atoms with E-state index in [-0.39, 0.29) is 0 Å². The predicted octanol–water partition coefficient (Wildman–Crippen LogP) is 4.27. The number of aryl methyl sites for hydroxylation is 1. The molecule has 1 aromatic carbocycles. The van der Waals surface area contributed by atoms with E-state index in [2.05, 4.69) is 46.3 Å². The number of hydrogen-bond donors (Lipinski definition) is 0. The first-order chi connectivity index (χ1) is 11.8. The number of benzene rings is 1. The van der Waals surface area contributed by atoms with Gasteiger partial charge in [0.05, 0.1) is 5.02 Å². The molecule has 0 radical (unpaired) electrons. The van der Waals surface area contributed by atoms with Gasteiger partial charge in [-0.2, -0.15) is 0 Å². The molecule has 2 aromatic heterocycles. The average molecular weight is 338 g/mol. The van der Waals surface area contributed by atoms with Crippen LogP contribution in [0, 0.1) is 0 Å². The number of hydrogen-bond acceptors (Lipinski definition) is 3. The summed E-state index contributed by atoms with van der Waals surface area (Å²) in [6.07, 6.45) is 5.00. The van der Waals surface area contributed by atoms with Crippen molar-refractivity contribution in [2.75, 3.05) is 13.1 Å². The molecule has 0 fully saturated rings. The van der Waals surface area contributed by atoms with Crippen molar-refractivity contribution in [3.8, 4) is 0 Å². The van der Waals surface area contributed by atoms with Crippen LogP contribution in [0.1, 0.15) is 23.2 Å². The van der Waals surface area contributed by atoms with E-state index in [4.69, 9.17) is 16.6 Å². The summed E-state index contributed by atoms with van der Waals surface area (Å²) in [6, 6.07) is 14.9. The van der Waals surface area contributed by atoms with E-state index in [0.29, 0.717) is 5.02 Å². The van der Waals surface area contributed by atoms with Crippen molar-refractivity contribution in [3.63, 3.8) is 0 Å². The Kier molecular flexibility index (Phi) is 4.46. The lowest BCUT2D eigenvalue weighted by Gasteiger charge is -2.28. The standard InChI is InChI=1S/C20H20ClN3/c21-18-12-16-11-17-14-24(9-4-7-15-5-2-1-3-6-15)10-8-19(17)23-20(16)22-13-18/h1-3,5-6,11-13H,4,7-10,14H2. The molecule has 4 heteroatoms. The number of pyridine rings is 2. The highest BCUT2D eigenvalue weighted by Gasteiger charge is 2.18. The Bertz CT molecular complexity index is 848. The van der Waals surface area contributed by atoms with Gasteiger partial charge in [-0.15, -0.1) is 0 Å². The van der Waals surface area contributed by atoms with Gasteiger partial charge in [0.1, 0.15) is 0 Å². The van der Waals surface area contributed by atoms with E-state index in [1.54, 1.807) is 6.20 Å². The first-order valence-electron chi connectivity index (χ1n) is 8.48. The summed E-state index contributed by atoms with van der Waals surface area (Å²) in [5.74, 6) is 0. The van der Waals surface area contributed by atoms with Crippen LogP contribution in [0.3, 0.4) is 0 Å². The summed E-state index contributed by atoms with van der Waals surface area (Å²) in [7, 11) is 0. The predicted molar refractivity (Wildman–Crippen MR) is 98.3 cm³/mol. The third-order valence-electron chi connectivity index (χ3n) is 4.64. The van der Waals surface area contributed by atoms with Gasteiger partial charge < -0.3 is 0 Å². The van der Waals surface area contributed by atoms with Crippen LogP contribution in [0.25, 0.3) is 11.0 Å². The molecule has 0 unspecified atom stereocenters. The monoisotopic (exact) mass is 337 g/mol. The van der Waals surface area contributed by atoms with Gasteiger partial charge in [-0.05, 0) is 42.6 Å². The minimum absolute atomic E-state index is 0.666. The van der Waals surface area contributed by atoms with Gasteiger partial charge in [0, 0.05) is 36.8 Å². The molecule has 0 spiro atoms. The van der Waals surface area contributed by atoms with Crippen LogP contribution >= 0.6 is 11.6 Å². The van der Waals surface area contributed by atoms with Crippen molar-refractivity contribution in [1.82, 2.24) is 14.9 Å². The lowest BCUT2D eigenvalue weighted by atomic mass is 10.0. The number of aromatic nitrogens is 2. The SMILES string of the molecule is Clc1cnc2nc3c(cc2c1)CN(CCCc1ccccc1)CC3. The van der Waals surface area contributed by atoms with Crippen molar-refractivity contribution in [1.29, 1.82) is 0 Å². The van der Waals surface area contributed by atoms with Gasteiger partial charge in [0.15, 0.2) is 5.65 Å². The Hall–Kier alpha value is -1.97. The Balaban J connectivity index is 1.43. The van der Waals surface area contributed by atoms with Crippen molar-refractivity contribution >= 4 is 22.6 Å². The zero-order chi connectivity index (χ0) is 16.4. The highest BCUT2D eigenvalue weighted by atomic mass is 35.5. The quantitative estimate of drug-likeness (QED) is 0.711. The molecule has 3 nitrogen and oxygen atoms in total. The van der Waals surface area contributed by atoms with Gasteiger partial charge in [-0.3, -0.25) is 4.90 Å². The second-order valence-electron chi connectivity index (χ2n) is 6.41. The molecular formula is C20H20ClN3. The molecule has 0 saturated heterocycles. The highest BCUT2D eigenvalue weighted by Crippen LogP contribution is 2.23. The van der Waals surface area contributed by atoms with Crippen LogP contribution in [-0.4, -0.2) is 28.0 Å². The van der Waals surface area contributed by atoms with Crippen LogP contribution in [0.4, 0.5) is 0 Å². The second-order valence-corrected chi connectivity index (χ2v) is 6.85. The fraction of sp³-hybridized carbons (Fsp3) is 0.300. The molecule has 0 bridgehead atoms. The Morgan fingerprint density at radius 3 is 2.88 bits per heavy atom. The van der Waals surface area contributed by atoms with E-state index >= 15 is 0 Å². The fourth-order valence-corrected chi connectivity index (χ4v) is 3.56. The smallest absolute Gasteiger partial charge is 0.159 e. The lowest BCUT2D eigenvalue weighted by molar-refractivity contribution is 0.249. The average Bonchev–Trinajstić information content (AvgIpc) is 2.61. The Labute approximate surface area is 147 Å². The number of nitrogens with zero attached hydrogens (tertiary/aromatic N) is 3. The summed E-state index contributed by atoms with van der Waals surface area (Å²) < 4.78 is 0. The molecule has 0 amide bonds. The van der Waals surface area contributed by atoms with Crippen molar-refractivity contribution in [2.45, 2.75) is 25.8 Å².